The minimum atomic E-state index is -0.763. The minimum absolute atomic E-state index is 0.0672. The van der Waals surface area contributed by atoms with Crippen LogP contribution >= 0.6 is 0 Å². The average molecular weight is 833 g/mol. The van der Waals surface area contributed by atoms with E-state index in [4.69, 9.17) is 14.2 Å². The van der Waals surface area contributed by atoms with Gasteiger partial charge in [0.1, 0.15) is 13.2 Å². The molecular weight excluding hydrogens is 733 g/mol. The summed E-state index contributed by atoms with van der Waals surface area (Å²) >= 11 is 0. The molecule has 1 unspecified atom stereocenters. The number of rotatable bonds is 48. The standard InChI is InChI=1S/C53H100O6/c1-4-7-10-13-16-18-20-22-24-26-27-29-30-32-34-37-40-43-46-52(55)58-49-50(48-57-51(54)45-42-39-36-15-12-9-6-3)59-53(56)47-44-41-38-35-33-31-28-25-23-21-19-17-14-11-8-5-2/h24,26,50H,4-23,25,27-49H2,1-3H3/b26-24-. The van der Waals surface area contributed by atoms with Gasteiger partial charge in [-0.3, -0.25) is 14.4 Å². The van der Waals surface area contributed by atoms with Gasteiger partial charge in [-0.15, -0.1) is 0 Å². The molecule has 0 saturated carbocycles. The molecule has 0 saturated heterocycles. The van der Waals surface area contributed by atoms with E-state index in [2.05, 4.69) is 32.9 Å². The molecule has 0 fully saturated rings. The molecule has 0 aromatic rings. The fourth-order valence-corrected chi connectivity index (χ4v) is 7.79. The van der Waals surface area contributed by atoms with Crippen LogP contribution in [0.2, 0.25) is 0 Å². The summed E-state index contributed by atoms with van der Waals surface area (Å²) in [5.74, 6) is -0.861. The summed E-state index contributed by atoms with van der Waals surface area (Å²) in [4.78, 5) is 37.8. The van der Waals surface area contributed by atoms with Crippen LogP contribution < -0.4 is 0 Å². The average Bonchev–Trinajstić information content (AvgIpc) is 3.23. The molecule has 0 rings (SSSR count). The van der Waals surface area contributed by atoms with E-state index in [1.165, 1.54) is 193 Å². The Morgan fingerprint density at radius 1 is 0.322 bits per heavy atom. The van der Waals surface area contributed by atoms with Gasteiger partial charge < -0.3 is 14.2 Å². The predicted molar refractivity (Wildman–Crippen MR) is 252 cm³/mol. The summed E-state index contributed by atoms with van der Waals surface area (Å²) in [6.07, 6.45) is 53.5. The van der Waals surface area contributed by atoms with E-state index >= 15 is 0 Å². The van der Waals surface area contributed by atoms with Crippen molar-refractivity contribution in [1.29, 1.82) is 0 Å². The van der Waals surface area contributed by atoms with Crippen molar-refractivity contribution in [1.82, 2.24) is 0 Å². The third-order valence-corrected chi connectivity index (χ3v) is 11.8. The lowest BCUT2D eigenvalue weighted by atomic mass is 10.0. The molecule has 348 valence electrons. The first-order chi connectivity index (χ1) is 29.0. The second-order valence-corrected chi connectivity index (χ2v) is 17.8. The van der Waals surface area contributed by atoms with Gasteiger partial charge >= 0.3 is 17.9 Å². The Kier molecular flexibility index (Phi) is 47.3. The zero-order chi connectivity index (χ0) is 43.0. The Balaban J connectivity index is 4.20. The van der Waals surface area contributed by atoms with Crippen molar-refractivity contribution < 1.29 is 28.6 Å². The summed E-state index contributed by atoms with van der Waals surface area (Å²) in [6, 6.07) is 0. The molecule has 0 aromatic heterocycles. The number of hydrogen-bond donors (Lipinski definition) is 0. The van der Waals surface area contributed by atoms with Crippen LogP contribution in [0.1, 0.15) is 290 Å². The third kappa shape index (κ3) is 47.1. The molecule has 0 aromatic carbocycles. The molecule has 0 radical (unpaired) electrons. The van der Waals surface area contributed by atoms with Gasteiger partial charge in [-0.1, -0.05) is 238 Å². The highest BCUT2D eigenvalue weighted by Gasteiger charge is 2.19. The largest absolute Gasteiger partial charge is 0.462 e. The normalized spacial score (nSPS) is 12.0. The van der Waals surface area contributed by atoms with Crippen LogP contribution in [0.15, 0.2) is 12.2 Å². The van der Waals surface area contributed by atoms with Crippen LogP contribution in [0.5, 0.6) is 0 Å². The molecular formula is C53H100O6. The smallest absolute Gasteiger partial charge is 0.306 e. The molecule has 0 spiro atoms. The number of esters is 3. The van der Waals surface area contributed by atoms with Gasteiger partial charge in [0.15, 0.2) is 6.10 Å². The highest BCUT2D eigenvalue weighted by atomic mass is 16.6. The fraction of sp³-hybridized carbons (Fsp3) is 0.906. The van der Waals surface area contributed by atoms with E-state index in [-0.39, 0.29) is 31.1 Å². The van der Waals surface area contributed by atoms with Gasteiger partial charge in [0.05, 0.1) is 0 Å². The molecule has 0 bridgehead atoms. The molecule has 59 heavy (non-hydrogen) atoms. The molecule has 0 aliphatic rings. The first-order valence-corrected chi connectivity index (χ1v) is 26.2. The van der Waals surface area contributed by atoms with E-state index in [1.54, 1.807) is 0 Å². The highest BCUT2D eigenvalue weighted by molar-refractivity contribution is 5.71. The quantitative estimate of drug-likeness (QED) is 0.0263. The van der Waals surface area contributed by atoms with Gasteiger partial charge in [0.2, 0.25) is 0 Å². The van der Waals surface area contributed by atoms with Crippen LogP contribution in [0, 0.1) is 0 Å². The monoisotopic (exact) mass is 833 g/mol. The maximum atomic E-state index is 12.8. The summed E-state index contributed by atoms with van der Waals surface area (Å²) < 4.78 is 16.7. The maximum absolute atomic E-state index is 12.8. The van der Waals surface area contributed by atoms with Gasteiger partial charge in [0.25, 0.3) is 0 Å². The van der Waals surface area contributed by atoms with Crippen LogP contribution in [-0.2, 0) is 28.6 Å². The highest BCUT2D eigenvalue weighted by Crippen LogP contribution is 2.16. The lowest BCUT2D eigenvalue weighted by Gasteiger charge is -2.18. The van der Waals surface area contributed by atoms with Crippen molar-refractivity contribution in [2.45, 2.75) is 297 Å². The Morgan fingerprint density at radius 3 is 0.847 bits per heavy atom. The first-order valence-electron chi connectivity index (χ1n) is 26.2. The number of carbonyl (C=O) groups excluding carboxylic acids is 3. The van der Waals surface area contributed by atoms with Crippen molar-refractivity contribution >= 4 is 17.9 Å². The molecule has 0 amide bonds. The van der Waals surface area contributed by atoms with Crippen molar-refractivity contribution in [3.05, 3.63) is 12.2 Å². The zero-order valence-corrected chi connectivity index (χ0v) is 39.8. The number of hydrogen-bond acceptors (Lipinski definition) is 6. The van der Waals surface area contributed by atoms with E-state index in [0.717, 1.165) is 57.8 Å². The lowest BCUT2D eigenvalue weighted by Crippen LogP contribution is -2.30. The first kappa shape index (κ1) is 57.1. The van der Waals surface area contributed by atoms with Gasteiger partial charge in [0, 0.05) is 19.3 Å². The van der Waals surface area contributed by atoms with Crippen molar-refractivity contribution in [2.24, 2.45) is 0 Å². The summed E-state index contributed by atoms with van der Waals surface area (Å²) in [5.41, 5.74) is 0. The number of carbonyl (C=O) groups is 3. The molecule has 6 heteroatoms. The number of ether oxygens (including phenoxy) is 3. The predicted octanol–water partition coefficient (Wildman–Crippen LogP) is 17.0. The van der Waals surface area contributed by atoms with Gasteiger partial charge in [-0.05, 0) is 44.9 Å². The number of unbranched alkanes of at least 4 members (excludes halogenated alkanes) is 35. The number of allylic oxidation sites excluding steroid dienone is 2. The van der Waals surface area contributed by atoms with Crippen LogP contribution in [-0.4, -0.2) is 37.2 Å². The maximum Gasteiger partial charge on any atom is 0.306 e. The molecule has 0 N–H and O–H groups in total. The summed E-state index contributed by atoms with van der Waals surface area (Å²) in [5, 5.41) is 0. The van der Waals surface area contributed by atoms with Crippen molar-refractivity contribution in [2.75, 3.05) is 13.2 Å². The van der Waals surface area contributed by atoms with Gasteiger partial charge in [-0.25, -0.2) is 0 Å². The molecule has 0 heterocycles. The molecule has 1 atom stereocenters. The lowest BCUT2D eigenvalue weighted by molar-refractivity contribution is -0.167. The Bertz CT molecular complexity index is 916. The second-order valence-electron chi connectivity index (χ2n) is 17.8. The van der Waals surface area contributed by atoms with E-state index < -0.39 is 6.10 Å². The van der Waals surface area contributed by atoms with Crippen molar-refractivity contribution in [3.8, 4) is 0 Å². The molecule has 0 aliphatic heterocycles. The van der Waals surface area contributed by atoms with Gasteiger partial charge in [-0.2, -0.15) is 0 Å². The van der Waals surface area contributed by atoms with Crippen molar-refractivity contribution in [3.63, 3.8) is 0 Å². The van der Waals surface area contributed by atoms with E-state index in [0.29, 0.717) is 19.3 Å². The van der Waals surface area contributed by atoms with Crippen LogP contribution in [0.3, 0.4) is 0 Å². The third-order valence-electron chi connectivity index (χ3n) is 11.8. The summed E-state index contributed by atoms with van der Waals surface area (Å²) in [7, 11) is 0. The SMILES string of the molecule is CCCCCCCCC/C=C\CCCCCCCCCC(=O)OCC(COC(=O)CCCCCCCCC)OC(=O)CCCCCCCCCCCCCCCCCC. The van der Waals surface area contributed by atoms with Crippen LogP contribution in [0.4, 0.5) is 0 Å². The molecule has 6 nitrogen and oxygen atoms in total. The Labute approximate surface area is 367 Å². The Morgan fingerprint density at radius 2 is 0.559 bits per heavy atom. The minimum Gasteiger partial charge on any atom is -0.462 e. The van der Waals surface area contributed by atoms with E-state index in [9.17, 15) is 14.4 Å². The second kappa shape index (κ2) is 48.8. The Hall–Kier alpha value is -1.85. The van der Waals surface area contributed by atoms with E-state index in [1.807, 2.05) is 0 Å². The zero-order valence-electron chi connectivity index (χ0n) is 39.8. The van der Waals surface area contributed by atoms with Crippen LogP contribution in [0.25, 0.3) is 0 Å². The topological polar surface area (TPSA) is 78.9 Å². The molecule has 0 aliphatic carbocycles. The fourth-order valence-electron chi connectivity index (χ4n) is 7.79. The summed E-state index contributed by atoms with van der Waals surface area (Å²) in [6.45, 7) is 6.63.